The van der Waals surface area contributed by atoms with Crippen molar-refractivity contribution in [2.45, 2.75) is 33.2 Å². The van der Waals surface area contributed by atoms with Gasteiger partial charge in [0.1, 0.15) is 0 Å². The highest BCUT2D eigenvalue weighted by Gasteiger charge is 2.13. The Labute approximate surface area is 149 Å². The highest BCUT2D eigenvalue weighted by molar-refractivity contribution is 5.91. The third kappa shape index (κ3) is 4.44. The summed E-state index contributed by atoms with van der Waals surface area (Å²) < 4.78 is 10.7. The lowest BCUT2D eigenvalue weighted by atomic mass is 9.98. The Morgan fingerprint density at radius 3 is 2.44 bits per heavy atom. The summed E-state index contributed by atoms with van der Waals surface area (Å²) in [6.07, 6.45) is 0. The maximum absolute atomic E-state index is 12.4. The van der Waals surface area contributed by atoms with Crippen LogP contribution in [0.15, 0.2) is 36.4 Å². The number of methoxy groups -OCH3 is 2. The number of nitrogens with one attached hydrogen (secondary N) is 2. The smallest absolute Gasteiger partial charge is 0.319 e. The summed E-state index contributed by atoms with van der Waals surface area (Å²) in [5.41, 5.74) is 3.88. The number of hydrogen-bond acceptors (Lipinski definition) is 3. The van der Waals surface area contributed by atoms with Crippen LogP contribution in [-0.4, -0.2) is 20.3 Å². The van der Waals surface area contributed by atoms with Gasteiger partial charge in [-0.05, 0) is 30.0 Å². The van der Waals surface area contributed by atoms with Gasteiger partial charge in [-0.25, -0.2) is 4.79 Å². The van der Waals surface area contributed by atoms with Crippen LogP contribution >= 0.6 is 0 Å². The summed E-state index contributed by atoms with van der Waals surface area (Å²) in [7, 11) is 3.18. The molecule has 0 atom stereocenters. The van der Waals surface area contributed by atoms with E-state index in [4.69, 9.17) is 9.47 Å². The standard InChI is InChI=1S/C20H26N2O3/c1-13(2)16-10-6-8-14(3)18(16)22-20(23)21-12-15-9-7-11-17(24-4)19(15)25-5/h6-11,13H,12H2,1-5H3,(H2,21,22,23). The van der Waals surface area contributed by atoms with E-state index in [0.29, 0.717) is 24.0 Å². The number of ether oxygens (including phenoxy) is 2. The number of para-hydroxylation sites is 2. The highest BCUT2D eigenvalue weighted by Crippen LogP contribution is 2.31. The molecule has 0 radical (unpaired) electrons. The van der Waals surface area contributed by atoms with Crippen molar-refractivity contribution < 1.29 is 14.3 Å². The fourth-order valence-corrected chi connectivity index (χ4v) is 2.77. The Morgan fingerprint density at radius 1 is 1.08 bits per heavy atom. The first kappa shape index (κ1) is 18.6. The summed E-state index contributed by atoms with van der Waals surface area (Å²) in [5, 5.41) is 5.86. The minimum atomic E-state index is -0.249. The van der Waals surface area contributed by atoms with Crippen molar-refractivity contribution in [2.75, 3.05) is 19.5 Å². The Balaban J connectivity index is 2.10. The first-order chi connectivity index (χ1) is 12.0. The van der Waals surface area contributed by atoms with Gasteiger partial charge < -0.3 is 20.1 Å². The second kappa shape index (κ2) is 8.42. The maximum atomic E-state index is 12.4. The predicted octanol–water partition coefficient (Wildman–Crippen LogP) is 4.46. The zero-order valence-corrected chi connectivity index (χ0v) is 15.5. The van der Waals surface area contributed by atoms with Crippen molar-refractivity contribution in [2.24, 2.45) is 0 Å². The summed E-state index contributed by atoms with van der Waals surface area (Å²) in [4.78, 5) is 12.4. The molecule has 0 fully saturated rings. The van der Waals surface area contributed by atoms with Crippen LogP contribution in [0.25, 0.3) is 0 Å². The van der Waals surface area contributed by atoms with Gasteiger partial charge in [-0.3, -0.25) is 0 Å². The SMILES string of the molecule is COc1cccc(CNC(=O)Nc2c(C)cccc2C(C)C)c1OC. The molecule has 0 unspecified atom stereocenters. The molecule has 2 aromatic rings. The Morgan fingerprint density at radius 2 is 1.80 bits per heavy atom. The number of carbonyl (C=O) groups is 1. The van der Waals surface area contributed by atoms with E-state index in [1.165, 1.54) is 0 Å². The molecule has 2 aromatic carbocycles. The van der Waals surface area contributed by atoms with Crippen LogP contribution in [0.4, 0.5) is 10.5 Å². The first-order valence-electron chi connectivity index (χ1n) is 8.32. The molecule has 0 aliphatic carbocycles. The molecule has 0 saturated heterocycles. The second-order valence-electron chi connectivity index (χ2n) is 6.15. The summed E-state index contributed by atoms with van der Waals surface area (Å²) in [5.74, 6) is 1.60. The van der Waals surface area contributed by atoms with Gasteiger partial charge in [0.15, 0.2) is 11.5 Å². The van der Waals surface area contributed by atoms with Crippen molar-refractivity contribution in [3.63, 3.8) is 0 Å². The molecule has 0 aromatic heterocycles. The Bertz CT molecular complexity index is 742. The van der Waals surface area contributed by atoms with E-state index in [0.717, 1.165) is 22.4 Å². The van der Waals surface area contributed by atoms with Crippen LogP contribution in [0.5, 0.6) is 11.5 Å². The normalized spacial score (nSPS) is 10.5. The zero-order chi connectivity index (χ0) is 18.4. The van der Waals surface area contributed by atoms with Crippen LogP contribution in [0.1, 0.15) is 36.5 Å². The summed E-state index contributed by atoms with van der Waals surface area (Å²) in [6, 6.07) is 11.4. The summed E-state index contributed by atoms with van der Waals surface area (Å²) >= 11 is 0. The van der Waals surface area contributed by atoms with Gasteiger partial charge in [0, 0.05) is 17.8 Å². The lowest BCUT2D eigenvalue weighted by Gasteiger charge is -2.17. The molecule has 5 heteroatoms. The molecular weight excluding hydrogens is 316 g/mol. The molecule has 2 N–H and O–H groups in total. The fraction of sp³-hybridized carbons (Fsp3) is 0.350. The van der Waals surface area contributed by atoms with Crippen molar-refractivity contribution in [1.29, 1.82) is 0 Å². The van der Waals surface area contributed by atoms with E-state index in [2.05, 4.69) is 24.5 Å². The van der Waals surface area contributed by atoms with Gasteiger partial charge in [0.25, 0.3) is 0 Å². The number of rotatable bonds is 6. The topological polar surface area (TPSA) is 59.6 Å². The number of benzene rings is 2. The van der Waals surface area contributed by atoms with E-state index in [1.54, 1.807) is 14.2 Å². The number of amides is 2. The van der Waals surface area contributed by atoms with E-state index in [9.17, 15) is 4.79 Å². The van der Waals surface area contributed by atoms with Gasteiger partial charge in [-0.15, -0.1) is 0 Å². The van der Waals surface area contributed by atoms with Crippen molar-refractivity contribution in [3.8, 4) is 11.5 Å². The molecule has 0 heterocycles. The van der Waals surface area contributed by atoms with E-state index in [1.807, 2.05) is 43.3 Å². The lowest BCUT2D eigenvalue weighted by molar-refractivity contribution is 0.251. The Kier molecular flexibility index (Phi) is 6.28. The number of aryl methyl sites for hydroxylation is 1. The molecule has 25 heavy (non-hydrogen) atoms. The van der Waals surface area contributed by atoms with Crippen LogP contribution < -0.4 is 20.1 Å². The lowest BCUT2D eigenvalue weighted by Crippen LogP contribution is -2.29. The maximum Gasteiger partial charge on any atom is 0.319 e. The molecule has 0 spiro atoms. The number of anilines is 1. The van der Waals surface area contributed by atoms with Crippen LogP contribution in [-0.2, 0) is 6.54 Å². The minimum absolute atomic E-state index is 0.249. The van der Waals surface area contributed by atoms with E-state index < -0.39 is 0 Å². The van der Waals surface area contributed by atoms with Gasteiger partial charge >= 0.3 is 6.03 Å². The molecule has 0 aliphatic heterocycles. The van der Waals surface area contributed by atoms with Crippen molar-refractivity contribution in [3.05, 3.63) is 53.1 Å². The van der Waals surface area contributed by atoms with Crippen LogP contribution in [0.3, 0.4) is 0 Å². The fourth-order valence-electron chi connectivity index (χ4n) is 2.77. The third-order valence-corrected chi connectivity index (χ3v) is 4.09. The zero-order valence-electron chi connectivity index (χ0n) is 15.5. The predicted molar refractivity (Wildman–Crippen MR) is 101 cm³/mol. The van der Waals surface area contributed by atoms with E-state index in [-0.39, 0.29) is 6.03 Å². The van der Waals surface area contributed by atoms with Crippen molar-refractivity contribution >= 4 is 11.7 Å². The van der Waals surface area contributed by atoms with Gasteiger partial charge in [0.2, 0.25) is 0 Å². The molecule has 0 aliphatic rings. The Hall–Kier alpha value is -2.69. The molecule has 0 bridgehead atoms. The average molecular weight is 342 g/mol. The molecular formula is C20H26N2O3. The van der Waals surface area contributed by atoms with Gasteiger partial charge in [-0.2, -0.15) is 0 Å². The minimum Gasteiger partial charge on any atom is -0.493 e. The average Bonchev–Trinajstić information content (AvgIpc) is 2.60. The van der Waals surface area contributed by atoms with Gasteiger partial charge in [-0.1, -0.05) is 44.2 Å². The monoisotopic (exact) mass is 342 g/mol. The first-order valence-corrected chi connectivity index (χ1v) is 8.32. The van der Waals surface area contributed by atoms with Crippen LogP contribution in [0, 0.1) is 6.92 Å². The molecule has 2 amide bonds. The molecule has 0 saturated carbocycles. The quantitative estimate of drug-likeness (QED) is 0.815. The third-order valence-electron chi connectivity index (χ3n) is 4.09. The van der Waals surface area contributed by atoms with Gasteiger partial charge in [0.05, 0.1) is 14.2 Å². The molecule has 5 nitrogen and oxygen atoms in total. The summed E-state index contributed by atoms with van der Waals surface area (Å²) in [6.45, 7) is 6.56. The van der Waals surface area contributed by atoms with Crippen LogP contribution in [0.2, 0.25) is 0 Å². The van der Waals surface area contributed by atoms with Crippen molar-refractivity contribution in [1.82, 2.24) is 5.32 Å². The number of carbonyl (C=O) groups excluding carboxylic acids is 1. The van der Waals surface area contributed by atoms with E-state index >= 15 is 0 Å². The number of hydrogen-bond donors (Lipinski definition) is 2. The highest BCUT2D eigenvalue weighted by atomic mass is 16.5. The molecule has 134 valence electrons. The number of urea groups is 1. The largest absolute Gasteiger partial charge is 0.493 e. The second-order valence-corrected chi connectivity index (χ2v) is 6.15. The molecule has 2 rings (SSSR count).